The van der Waals surface area contributed by atoms with Crippen LogP contribution in [0.15, 0.2) is 11.6 Å². The van der Waals surface area contributed by atoms with Gasteiger partial charge in [0.25, 0.3) is 0 Å². The van der Waals surface area contributed by atoms with Crippen molar-refractivity contribution in [3.8, 4) is 0 Å². The molecule has 0 saturated heterocycles. The molecule has 0 aromatic carbocycles. The van der Waals surface area contributed by atoms with Gasteiger partial charge in [-0.3, -0.25) is 4.79 Å². The Morgan fingerprint density at radius 3 is 1.95 bits per heavy atom. The Balaban J connectivity index is 1.82. The van der Waals surface area contributed by atoms with E-state index in [1.807, 2.05) is 20.8 Å². The van der Waals surface area contributed by atoms with E-state index in [2.05, 4.69) is 6.08 Å². The third-order valence-electron chi connectivity index (χ3n) is 6.26. The summed E-state index contributed by atoms with van der Waals surface area (Å²) in [5.74, 6) is 3.61. The van der Waals surface area contributed by atoms with Crippen molar-refractivity contribution >= 4 is 5.97 Å². The van der Waals surface area contributed by atoms with Crippen LogP contribution in [0.25, 0.3) is 0 Å². The standard InChI is InChI=1S/C17H26O2/c1-10(17(2,3)16(18)19)4-15-13-6-11-5-12(8-13)9-14(15)7-11/h4,11-15H,5-9H2,1-3H3,(H,18,19)/b10-4+. The summed E-state index contributed by atoms with van der Waals surface area (Å²) in [7, 11) is 0. The van der Waals surface area contributed by atoms with Gasteiger partial charge in [-0.15, -0.1) is 0 Å². The fourth-order valence-corrected chi connectivity index (χ4v) is 4.91. The summed E-state index contributed by atoms with van der Waals surface area (Å²) in [4.78, 5) is 11.4. The Morgan fingerprint density at radius 2 is 1.53 bits per heavy atom. The Hall–Kier alpha value is -0.790. The molecule has 4 aliphatic rings. The van der Waals surface area contributed by atoms with Crippen LogP contribution in [0.1, 0.15) is 52.9 Å². The highest BCUT2D eigenvalue weighted by Crippen LogP contribution is 2.57. The van der Waals surface area contributed by atoms with Gasteiger partial charge >= 0.3 is 5.97 Å². The van der Waals surface area contributed by atoms with Gasteiger partial charge in [0.1, 0.15) is 0 Å². The molecule has 4 bridgehead atoms. The van der Waals surface area contributed by atoms with Crippen molar-refractivity contribution in [2.24, 2.45) is 35.0 Å². The first-order valence-electron chi connectivity index (χ1n) is 7.80. The predicted molar refractivity (Wildman–Crippen MR) is 75.7 cm³/mol. The fraction of sp³-hybridized carbons (Fsp3) is 0.824. The van der Waals surface area contributed by atoms with Gasteiger partial charge in [-0.2, -0.15) is 0 Å². The third kappa shape index (κ3) is 2.13. The SMILES string of the molecule is C/C(=C\C1C2CC3CC(C2)CC1C3)C(C)(C)C(=O)O. The molecule has 4 saturated carbocycles. The van der Waals surface area contributed by atoms with Crippen LogP contribution in [0.4, 0.5) is 0 Å². The van der Waals surface area contributed by atoms with Gasteiger partial charge in [-0.1, -0.05) is 11.6 Å². The average Bonchev–Trinajstić information content (AvgIpc) is 2.32. The molecule has 0 radical (unpaired) electrons. The number of hydrogen-bond acceptors (Lipinski definition) is 1. The number of aliphatic carboxylic acids is 1. The van der Waals surface area contributed by atoms with Crippen LogP contribution in [0.2, 0.25) is 0 Å². The second-order valence-corrected chi connectivity index (χ2v) is 7.79. The van der Waals surface area contributed by atoms with Crippen molar-refractivity contribution in [3.63, 3.8) is 0 Å². The van der Waals surface area contributed by atoms with Gasteiger partial charge < -0.3 is 5.11 Å². The van der Waals surface area contributed by atoms with Crippen LogP contribution in [-0.4, -0.2) is 11.1 Å². The Bertz CT molecular complexity index is 391. The lowest BCUT2D eigenvalue weighted by atomic mass is 9.51. The second kappa shape index (κ2) is 4.36. The van der Waals surface area contributed by atoms with E-state index in [9.17, 15) is 9.90 Å². The molecular formula is C17H26O2. The molecule has 4 rings (SSSR count). The van der Waals surface area contributed by atoms with Gasteiger partial charge in [0.15, 0.2) is 0 Å². The summed E-state index contributed by atoms with van der Waals surface area (Å²) in [5, 5.41) is 9.35. The van der Waals surface area contributed by atoms with Crippen LogP contribution >= 0.6 is 0 Å². The van der Waals surface area contributed by atoms with Crippen molar-refractivity contribution in [2.45, 2.75) is 52.9 Å². The molecule has 0 aromatic heterocycles. The van der Waals surface area contributed by atoms with Crippen molar-refractivity contribution in [1.82, 2.24) is 0 Å². The van der Waals surface area contributed by atoms with E-state index in [1.165, 1.54) is 32.1 Å². The van der Waals surface area contributed by atoms with E-state index >= 15 is 0 Å². The predicted octanol–water partition coefficient (Wildman–Crippen LogP) is 4.12. The highest BCUT2D eigenvalue weighted by molar-refractivity contribution is 5.77. The molecule has 0 unspecified atom stereocenters. The third-order valence-corrected chi connectivity index (χ3v) is 6.26. The highest BCUT2D eigenvalue weighted by Gasteiger charge is 2.47. The first-order valence-corrected chi connectivity index (χ1v) is 7.80. The number of carboxylic acids is 1. The largest absolute Gasteiger partial charge is 0.481 e. The van der Waals surface area contributed by atoms with Crippen molar-refractivity contribution in [1.29, 1.82) is 0 Å². The lowest BCUT2D eigenvalue weighted by Gasteiger charge is -2.54. The molecule has 19 heavy (non-hydrogen) atoms. The number of hydrogen-bond donors (Lipinski definition) is 1. The Kier molecular flexibility index (Phi) is 3.03. The Morgan fingerprint density at radius 1 is 1.05 bits per heavy atom. The lowest BCUT2D eigenvalue weighted by Crippen LogP contribution is -2.44. The van der Waals surface area contributed by atoms with Gasteiger partial charge in [0.05, 0.1) is 5.41 Å². The van der Waals surface area contributed by atoms with E-state index < -0.39 is 11.4 Å². The first kappa shape index (κ1) is 13.2. The lowest BCUT2D eigenvalue weighted by molar-refractivity contribution is -0.144. The second-order valence-electron chi connectivity index (χ2n) is 7.79. The molecule has 0 heterocycles. The minimum absolute atomic E-state index is 0.659. The molecule has 2 heteroatoms. The van der Waals surface area contributed by atoms with Crippen LogP contribution in [0.3, 0.4) is 0 Å². The van der Waals surface area contributed by atoms with E-state index in [0.717, 1.165) is 29.2 Å². The highest BCUT2D eigenvalue weighted by atomic mass is 16.4. The molecule has 106 valence electrons. The molecule has 0 aromatic rings. The minimum Gasteiger partial charge on any atom is -0.481 e. The number of carbonyl (C=O) groups is 1. The molecule has 4 aliphatic carbocycles. The van der Waals surface area contributed by atoms with Crippen molar-refractivity contribution in [2.75, 3.05) is 0 Å². The van der Waals surface area contributed by atoms with E-state index in [0.29, 0.717) is 5.92 Å². The molecule has 1 N–H and O–H groups in total. The van der Waals surface area contributed by atoms with Crippen molar-refractivity contribution < 1.29 is 9.90 Å². The van der Waals surface area contributed by atoms with E-state index in [4.69, 9.17) is 0 Å². The van der Waals surface area contributed by atoms with E-state index in [-0.39, 0.29) is 0 Å². The Labute approximate surface area is 116 Å². The van der Waals surface area contributed by atoms with Gasteiger partial charge in [0.2, 0.25) is 0 Å². The number of carboxylic acid groups (broad SMARTS) is 1. The smallest absolute Gasteiger partial charge is 0.313 e. The first-order chi connectivity index (χ1) is 8.88. The van der Waals surface area contributed by atoms with Gasteiger partial charge in [-0.25, -0.2) is 0 Å². The maximum atomic E-state index is 11.4. The number of allylic oxidation sites excluding steroid dienone is 1. The van der Waals surface area contributed by atoms with E-state index in [1.54, 1.807) is 0 Å². The summed E-state index contributed by atoms with van der Waals surface area (Å²) < 4.78 is 0. The molecule has 0 spiro atoms. The molecule has 4 fully saturated rings. The monoisotopic (exact) mass is 262 g/mol. The molecule has 0 aliphatic heterocycles. The average molecular weight is 262 g/mol. The fourth-order valence-electron chi connectivity index (χ4n) is 4.91. The van der Waals surface area contributed by atoms with Crippen LogP contribution in [0, 0.1) is 35.0 Å². The zero-order chi connectivity index (χ0) is 13.8. The summed E-state index contributed by atoms with van der Waals surface area (Å²) in [6.07, 6.45) is 9.40. The summed E-state index contributed by atoms with van der Waals surface area (Å²) >= 11 is 0. The zero-order valence-electron chi connectivity index (χ0n) is 12.4. The minimum atomic E-state index is -0.714. The van der Waals surface area contributed by atoms with Crippen LogP contribution < -0.4 is 0 Å². The van der Waals surface area contributed by atoms with Crippen molar-refractivity contribution in [3.05, 3.63) is 11.6 Å². The summed E-state index contributed by atoms with van der Waals surface area (Å²) in [6, 6.07) is 0. The molecule has 0 amide bonds. The maximum absolute atomic E-state index is 11.4. The molecular weight excluding hydrogens is 236 g/mol. The quantitative estimate of drug-likeness (QED) is 0.777. The normalized spacial score (nSPS) is 41.6. The maximum Gasteiger partial charge on any atom is 0.313 e. The number of rotatable bonds is 3. The van der Waals surface area contributed by atoms with Gasteiger partial charge in [0, 0.05) is 0 Å². The van der Waals surface area contributed by atoms with Gasteiger partial charge in [-0.05, 0) is 82.5 Å². The molecule has 0 atom stereocenters. The molecule has 2 nitrogen and oxygen atoms in total. The summed E-state index contributed by atoms with van der Waals surface area (Å²) in [6.45, 7) is 5.67. The van der Waals surface area contributed by atoms with Crippen LogP contribution in [-0.2, 0) is 4.79 Å². The summed E-state index contributed by atoms with van der Waals surface area (Å²) in [5.41, 5.74) is 0.340. The van der Waals surface area contributed by atoms with Crippen LogP contribution in [0.5, 0.6) is 0 Å². The zero-order valence-corrected chi connectivity index (χ0v) is 12.4. The topological polar surface area (TPSA) is 37.3 Å².